The average molecular weight is 472 g/mol. The second-order valence-corrected chi connectivity index (χ2v) is 11.2. The van der Waals surface area contributed by atoms with Crippen LogP contribution in [-0.2, 0) is 25.7 Å². The quantitative estimate of drug-likeness (QED) is 0.562. The van der Waals surface area contributed by atoms with Gasteiger partial charge in [0, 0.05) is 12.1 Å². The number of nitrogens with zero attached hydrogens (tertiary/aromatic N) is 1. The monoisotopic (exact) mass is 471 g/mol. The minimum atomic E-state index is -1.08. The van der Waals surface area contributed by atoms with Crippen molar-refractivity contribution in [1.82, 2.24) is 15.5 Å². The summed E-state index contributed by atoms with van der Waals surface area (Å²) >= 11 is 0. The first kappa shape index (κ1) is 24.7. The van der Waals surface area contributed by atoms with Crippen LogP contribution >= 0.6 is 0 Å². The van der Waals surface area contributed by atoms with E-state index in [0.717, 1.165) is 5.56 Å². The first-order valence-electron chi connectivity index (χ1n) is 12.2. The Hall–Kier alpha value is -2.45. The van der Waals surface area contributed by atoms with E-state index in [0.29, 0.717) is 25.8 Å². The summed E-state index contributed by atoms with van der Waals surface area (Å²) in [5.74, 6) is -2.29. The fourth-order valence-electron chi connectivity index (χ4n) is 6.20. The number of likely N-dealkylation sites (tertiary alicyclic amines) is 1. The van der Waals surface area contributed by atoms with Crippen molar-refractivity contribution >= 4 is 17.7 Å². The first-order chi connectivity index (χ1) is 16.0. The van der Waals surface area contributed by atoms with Crippen LogP contribution in [0.1, 0.15) is 59.4 Å². The summed E-state index contributed by atoms with van der Waals surface area (Å²) in [6.45, 7) is 9.52. The molecule has 3 aliphatic rings. The van der Waals surface area contributed by atoms with E-state index < -0.39 is 40.7 Å². The maximum absolute atomic E-state index is 13.9. The molecule has 3 amide bonds. The Morgan fingerprint density at radius 1 is 1.21 bits per heavy atom. The molecule has 3 heterocycles. The Bertz CT molecular complexity index is 957. The summed E-state index contributed by atoms with van der Waals surface area (Å²) in [5, 5.41) is 16.1. The number of aliphatic hydroxyl groups excluding tert-OH is 1. The van der Waals surface area contributed by atoms with Crippen molar-refractivity contribution < 1.29 is 24.2 Å². The number of ether oxygens (including phenoxy) is 1. The molecule has 0 radical (unpaired) electrons. The number of carbonyl (C=O) groups excluding carboxylic acids is 3. The number of benzene rings is 1. The number of fused-ring (bicyclic) bond motifs is 1. The van der Waals surface area contributed by atoms with Crippen LogP contribution in [0.15, 0.2) is 30.3 Å². The second-order valence-electron chi connectivity index (χ2n) is 11.2. The van der Waals surface area contributed by atoms with Crippen molar-refractivity contribution in [3.05, 3.63) is 35.9 Å². The second kappa shape index (κ2) is 8.64. The summed E-state index contributed by atoms with van der Waals surface area (Å²) in [6, 6.07) is 8.19. The molecule has 0 aromatic heterocycles. The predicted molar refractivity (Wildman–Crippen MR) is 126 cm³/mol. The molecule has 6 atom stereocenters. The minimum Gasteiger partial charge on any atom is -0.394 e. The Morgan fingerprint density at radius 3 is 2.47 bits per heavy atom. The predicted octanol–water partition coefficient (Wildman–Crippen LogP) is 1.75. The molecule has 1 spiro atoms. The molecule has 186 valence electrons. The van der Waals surface area contributed by atoms with Gasteiger partial charge in [-0.2, -0.15) is 0 Å². The molecule has 3 aliphatic heterocycles. The molecule has 3 saturated heterocycles. The van der Waals surface area contributed by atoms with Gasteiger partial charge in [0.25, 0.3) is 0 Å². The normalized spacial score (nSPS) is 33.1. The Kier molecular flexibility index (Phi) is 6.27. The molecule has 2 bridgehead atoms. The molecule has 0 saturated carbocycles. The number of carbonyl (C=O) groups is 3. The van der Waals surface area contributed by atoms with E-state index in [1.54, 1.807) is 0 Å². The van der Waals surface area contributed by atoms with Gasteiger partial charge in [0.1, 0.15) is 11.6 Å². The number of amides is 3. The smallest absolute Gasteiger partial charge is 0.246 e. The highest BCUT2D eigenvalue weighted by atomic mass is 16.5. The first-order valence-corrected chi connectivity index (χ1v) is 12.2. The zero-order valence-electron chi connectivity index (χ0n) is 20.8. The highest BCUT2D eigenvalue weighted by molar-refractivity contribution is 5.99. The van der Waals surface area contributed by atoms with Gasteiger partial charge in [0.2, 0.25) is 17.7 Å². The van der Waals surface area contributed by atoms with Crippen LogP contribution < -0.4 is 10.6 Å². The fraction of sp³-hybridized carbons (Fsp3) is 0.654. The van der Waals surface area contributed by atoms with Crippen molar-refractivity contribution in [2.75, 3.05) is 6.61 Å². The van der Waals surface area contributed by atoms with E-state index in [1.807, 2.05) is 65.0 Å². The Labute approximate surface area is 201 Å². The standard InChI is InChI=1S/C26H37N3O5/c1-6-17(15-30)29-20(22(32)28-24(2,3)4)26-13-12-25(5,34-26)18(19(26)23(29)33)21(31)27-14-16-10-8-7-9-11-16/h7-11,17-20,30H,6,12-15H2,1-5H3,(H,27,31)(H,28,32)/t17-,18+,19-,20?,25-,26?/m0/s1. The summed E-state index contributed by atoms with van der Waals surface area (Å²) < 4.78 is 6.58. The SMILES string of the molecule is CC[C@@H](CO)N1C(=O)[C@@H]2[C@H](C(=O)NCc3ccccc3)[C@]3(C)CCC2(O3)C1C(=O)NC(C)(C)C. The molecule has 1 aromatic rings. The van der Waals surface area contributed by atoms with Gasteiger partial charge in [-0.05, 0) is 52.5 Å². The van der Waals surface area contributed by atoms with E-state index in [9.17, 15) is 19.5 Å². The van der Waals surface area contributed by atoms with E-state index in [-0.39, 0.29) is 24.3 Å². The zero-order chi connectivity index (χ0) is 24.9. The molecule has 3 N–H and O–H groups in total. The molecule has 1 aromatic carbocycles. The molecular formula is C26H37N3O5. The van der Waals surface area contributed by atoms with Gasteiger partial charge < -0.3 is 25.4 Å². The van der Waals surface area contributed by atoms with Crippen LogP contribution in [-0.4, -0.2) is 63.2 Å². The van der Waals surface area contributed by atoms with Crippen LogP contribution in [0.3, 0.4) is 0 Å². The van der Waals surface area contributed by atoms with Crippen molar-refractivity contribution in [3.8, 4) is 0 Å². The fourth-order valence-corrected chi connectivity index (χ4v) is 6.20. The van der Waals surface area contributed by atoms with Crippen LogP contribution in [0, 0.1) is 11.8 Å². The third kappa shape index (κ3) is 3.90. The third-order valence-corrected chi connectivity index (χ3v) is 7.63. The van der Waals surface area contributed by atoms with Crippen molar-refractivity contribution in [2.45, 2.75) is 89.3 Å². The van der Waals surface area contributed by atoms with Gasteiger partial charge in [-0.3, -0.25) is 14.4 Å². The Morgan fingerprint density at radius 2 is 1.88 bits per heavy atom. The van der Waals surface area contributed by atoms with Crippen LogP contribution in [0.25, 0.3) is 0 Å². The van der Waals surface area contributed by atoms with E-state index in [1.165, 1.54) is 4.90 Å². The topological polar surface area (TPSA) is 108 Å². The number of hydrogen-bond acceptors (Lipinski definition) is 5. The van der Waals surface area contributed by atoms with Gasteiger partial charge in [0.05, 0.1) is 30.1 Å². The van der Waals surface area contributed by atoms with Crippen LogP contribution in [0.4, 0.5) is 0 Å². The lowest BCUT2D eigenvalue weighted by atomic mass is 9.66. The van der Waals surface area contributed by atoms with E-state index in [2.05, 4.69) is 10.6 Å². The third-order valence-electron chi connectivity index (χ3n) is 7.63. The molecular weight excluding hydrogens is 434 g/mol. The minimum absolute atomic E-state index is 0.236. The van der Waals surface area contributed by atoms with Crippen LogP contribution in [0.2, 0.25) is 0 Å². The van der Waals surface area contributed by atoms with Gasteiger partial charge >= 0.3 is 0 Å². The lowest BCUT2D eigenvalue weighted by Gasteiger charge is -2.38. The number of aliphatic hydroxyl groups is 1. The number of hydrogen-bond donors (Lipinski definition) is 3. The maximum atomic E-state index is 13.9. The molecule has 34 heavy (non-hydrogen) atoms. The summed E-state index contributed by atoms with van der Waals surface area (Å²) in [7, 11) is 0. The van der Waals surface area contributed by atoms with Gasteiger partial charge in [-0.15, -0.1) is 0 Å². The lowest BCUT2D eigenvalue weighted by molar-refractivity contribution is -0.150. The molecule has 0 aliphatic carbocycles. The average Bonchev–Trinajstić information content (AvgIpc) is 3.34. The summed E-state index contributed by atoms with van der Waals surface area (Å²) in [4.78, 5) is 42.5. The molecule has 2 unspecified atom stereocenters. The molecule has 4 rings (SSSR count). The Balaban J connectivity index is 1.69. The highest BCUT2D eigenvalue weighted by Crippen LogP contribution is 2.63. The van der Waals surface area contributed by atoms with Crippen molar-refractivity contribution in [3.63, 3.8) is 0 Å². The molecule has 3 fully saturated rings. The maximum Gasteiger partial charge on any atom is 0.246 e. The van der Waals surface area contributed by atoms with Gasteiger partial charge in [0.15, 0.2) is 0 Å². The van der Waals surface area contributed by atoms with Crippen LogP contribution in [0.5, 0.6) is 0 Å². The van der Waals surface area contributed by atoms with Crippen molar-refractivity contribution in [2.24, 2.45) is 11.8 Å². The molecule has 8 heteroatoms. The number of nitrogens with one attached hydrogen (secondary N) is 2. The van der Waals surface area contributed by atoms with Gasteiger partial charge in [-0.1, -0.05) is 37.3 Å². The van der Waals surface area contributed by atoms with E-state index in [4.69, 9.17) is 4.74 Å². The lowest BCUT2D eigenvalue weighted by Crippen LogP contribution is -2.60. The van der Waals surface area contributed by atoms with Gasteiger partial charge in [-0.25, -0.2) is 0 Å². The zero-order valence-corrected chi connectivity index (χ0v) is 20.8. The largest absolute Gasteiger partial charge is 0.394 e. The van der Waals surface area contributed by atoms with E-state index >= 15 is 0 Å². The number of rotatable bonds is 7. The summed E-state index contributed by atoms with van der Waals surface area (Å²) in [6.07, 6.45) is 1.60. The highest BCUT2D eigenvalue weighted by Gasteiger charge is 2.78. The molecule has 8 nitrogen and oxygen atoms in total. The summed E-state index contributed by atoms with van der Waals surface area (Å²) in [5.41, 5.74) is -1.45. The van der Waals surface area contributed by atoms with Crippen molar-refractivity contribution in [1.29, 1.82) is 0 Å².